The molecule has 0 bridgehead atoms. The minimum absolute atomic E-state index is 0.249. The number of fused-ring (bicyclic) bond motifs is 1. The first-order valence-corrected chi connectivity index (χ1v) is 11.3. The predicted octanol–water partition coefficient (Wildman–Crippen LogP) is 4.12. The number of aryl methyl sites for hydroxylation is 1. The summed E-state index contributed by atoms with van der Waals surface area (Å²) in [6.07, 6.45) is 1.65. The first-order valence-electron chi connectivity index (χ1n) is 11.3. The number of carbonyl (C=O) groups excluding carboxylic acids is 2. The van der Waals surface area contributed by atoms with Gasteiger partial charge in [-0.1, -0.05) is 48.5 Å². The van der Waals surface area contributed by atoms with Gasteiger partial charge in [0.2, 0.25) is 5.78 Å². The number of Topliss-reactive ketones (excluding diaryl/α,β-unsaturated/α-hetero) is 1. The summed E-state index contributed by atoms with van der Waals surface area (Å²) >= 11 is 0. The van der Waals surface area contributed by atoms with E-state index in [1.165, 1.54) is 0 Å². The van der Waals surface area contributed by atoms with E-state index >= 15 is 0 Å². The number of aromatic nitrogens is 2. The summed E-state index contributed by atoms with van der Waals surface area (Å²) in [7, 11) is 1.94. The second kappa shape index (κ2) is 9.49. The van der Waals surface area contributed by atoms with E-state index in [4.69, 9.17) is 9.47 Å². The predicted molar refractivity (Wildman–Crippen MR) is 130 cm³/mol. The number of carbonyl (C=O) groups is 2. The molecule has 5 rings (SSSR count). The fourth-order valence-electron chi connectivity index (χ4n) is 4.47. The van der Waals surface area contributed by atoms with Gasteiger partial charge in [0.05, 0.1) is 24.5 Å². The number of ketones is 1. The molecule has 0 atom stereocenters. The van der Waals surface area contributed by atoms with Crippen molar-refractivity contribution in [1.29, 1.82) is 0 Å². The maximum Gasteiger partial charge on any atom is 0.342 e. The van der Waals surface area contributed by atoms with E-state index in [0.29, 0.717) is 43.2 Å². The fourth-order valence-corrected chi connectivity index (χ4v) is 4.47. The molecule has 3 heterocycles. The lowest BCUT2D eigenvalue weighted by atomic mass is 10.0. The smallest absolute Gasteiger partial charge is 0.342 e. The summed E-state index contributed by atoms with van der Waals surface area (Å²) in [5.41, 5.74) is 3.57. The molecule has 0 N–H and O–H groups in total. The summed E-state index contributed by atoms with van der Waals surface area (Å²) in [5, 5.41) is 0.834. The van der Waals surface area contributed by atoms with Crippen LogP contribution in [0.1, 0.15) is 20.7 Å². The highest BCUT2D eigenvalue weighted by Crippen LogP contribution is 2.33. The van der Waals surface area contributed by atoms with Gasteiger partial charge < -0.3 is 18.9 Å². The first kappa shape index (κ1) is 21.9. The molecule has 2 aromatic heterocycles. The van der Waals surface area contributed by atoms with E-state index in [1.807, 2.05) is 71.1 Å². The van der Waals surface area contributed by atoms with Crippen molar-refractivity contribution in [3.8, 4) is 11.3 Å². The van der Waals surface area contributed by atoms with Gasteiger partial charge in [-0.05, 0) is 23.8 Å². The van der Waals surface area contributed by atoms with Crippen molar-refractivity contribution >= 4 is 28.5 Å². The lowest BCUT2D eigenvalue weighted by Crippen LogP contribution is -2.37. The Bertz CT molecular complexity index is 1340. The second-order valence-electron chi connectivity index (χ2n) is 8.14. The van der Waals surface area contributed by atoms with Gasteiger partial charge in [0, 0.05) is 37.2 Å². The van der Waals surface area contributed by atoms with E-state index in [0.717, 1.165) is 22.2 Å². The molecule has 1 fully saturated rings. The minimum atomic E-state index is -0.565. The standard InChI is InChI=1S/C27H25N3O4/c1-29-22-12-6-5-10-20(22)24(25(29)19-8-3-2-4-9-19)23(31)18-34-27(32)21-11-7-13-28-26(21)30-14-16-33-17-15-30/h2-13H,14-18H2,1H3. The summed E-state index contributed by atoms with van der Waals surface area (Å²) in [4.78, 5) is 32.8. The zero-order valence-electron chi connectivity index (χ0n) is 18.9. The van der Waals surface area contributed by atoms with Crippen molar-refractivity contribution in [2.75, 3.05) is 37.8 Å². The number of benzene rings is 2. The van der Waals surface area contributed by atoms with Crippen molar-refractivity contribution in [3.05, 3.63) is 84.1 Å². The Morgan fingerprint density at radius 2 is 1.71 bits per heavy atom. The number of morpholine rings is 1. The van der Waals surface area contributed by atoms with E-state index in [9.17, 15) is 9.59 Å². The van der Waals surface area contributed by atoms with Crippen LogP contribution in [0, 0.1) is 0 Å². The Balaban J connectivity index is 1.43. The highest BCUT2D eigenvalue weighted by molar-refractivity contribution is 6.14. The van der Waals surface area contributed by atoms with E-state index < -0.39 is 5.97 Å². The topological polar surface area (TPSA) is 73.7 Å². The number of ether oxygens (including phenoxy) is 2. The lowest BCUT2D eigenvalue weighted by molar-refractivity contribution is 0.0475. The highest BCUT2D eigenvalue weighted by Gasteiger charge is 2.25. The number of anilines is 1. The van der Waals surface area contributed by atoms with Crippen molar-refractivity contribution < 1.29 is 19.1 Å². The Kier molecular flexibility index (Phi) is 6.10. The molecule has 4 aromatic rings. The molecule has 1 aliphatic heterocycles. The maximum absolute atomic E-state index is 13.5. The van der Waals surface area contributed by atoms with Crippen molar-refractivity contribution in [2.24, 2.45) is 7.05 Å². The van der Waals surface area contributed by atoms with Crippen LogP contribution in [0.25, 0.3) is 22.2 Å². The van der Waals surface area contributed by atoms with Crippen LogP contribution in [-0.4, -0.2) is 54.2 Å². The zero-order chi connectivity index (χ0) is 23.5. The van der Waals surface area contributed by atoms with E-state index in [-0.39, 0.29) is 12.4 Å². The third kappa shape index (κ3) is 4.06. The van der Waals surface area contributed by atoms with Crippen LogP contribution < -0.4 is 4.90 Å². The Morgan fingerprint density at radius 3 is 2.50 bits per heavy atom. The van der Waals surface area contributed by atoms with Crippen molar-refractivity contribution in [1.82, 2.24) is 9.55 Å². The number of para-hydroxylation sites is 1. The number of rotatable bonds is 6. The maximum atomic E-state index is 13.5. The molecule has 1 saturated heterocycles. The third-order valence-electron chi connectivity index (χ3n) is 6.08. The number of esters is 1. The molecule has 34 heavy (non-hydrogen) atoms. The summed E-state index contributed by atoms with van der Waals surface area (Å²) in [5.74, 6) is -0.261. The number of hydrogen-bond acceptors (Lipinski definition) is 6. The van der Waals surface area contributed by atoms with E-state index in [2.05, 4.69) is 4.98 Å². The molecule has 2 aromatic carbocycles. The van der Waals surface area contributed by atoms with Gasteiger partial charge in [-0.2, -0.15) is 0 Å². The molecule has 0 spiro atoms. The molecule has 0 radical (unpaired) electrons. The summed E-state index contributed by atoms with van der Waals surface area (Å²) in [6.45, 7) is 2.09. The number of pyridine rings is 1. The van der Waals surface area contributed by atoms with Crippen LogP contribution in [0.5, 0.6) is 0 Å². The molecule has 0 unspecified atom stereocenters. The average molecular weight is 456 g/mol. The monoisotopic (exact) mass is 455 g/mol. The van der Waals surface area contributed by atoms with Crippen LogP contribution in [0.2, 0.25) is 0 Å². The van der Waals surface area contributed by atoms with Gasteiger partial charge in [0.25, 0.3) is 0 Å². The quantitative estimate of drug-likeness (QED) is 0.322. The molecular formula is C27H25N3O4. The second-order valence-corrected chi connectivity index (χ2v) is 8.14. The van der Waals surface area contributed by atoms with Gasteiger partial charge in [-0.25, -0.2) is 9.78 Å². The first-order chi connectivity index (χ1) is 16.6. The molecule has 1 aliphatic rings. The molecule has 7 nitrogen and oxygen atoms in total. The van der Waals surface area contributed by atoms with Gasteiger partial charge in [0.1, 0.15) is 11.4 Å². The third-order valence-corrected chi connectivity index (χ3v) is 6.08. The lowest BCUT2D eigenvalue weighted by Gasteiger charge is -2.28. The molecule has 0 aliphatic carbocycles. The van der Waals surface area contributed by atoms with Gasteiger partial charge in [-0.15, -0.1) is 0 Å². The van der Waals surface area contributed by atoms with Crippen molar-refractivity contribution in [3.63, 3.8) is 0 Å². The van der Waals surface area contributed by atoms with Gasteiger partial charge in [0.15, 0.2) is 6.61 Å². The Labute approximate surface area is 197 Å². The fraction of sp³-hybridized carbons (Fsp3) is 0.222. The molecule has 0 amide bonds. The SMILES string of the molecule is Cn1c(-c2ccccc2)c(C(=O)COC(=O)c2cccnc2N2CCOCC2)c2ccccc21. The van der Waals surface area contributed by atoms with Crippen LogP contribution in [0.4, 0.5) is 5.82 Å². The van der Waals surface area contributed by atoms with Crippen LogP contribution in [0.3, 0.4) is 0 Å². The summed E-state index contributed by atoms with van der Waals surface area (Å²) in [6, 6.07) is 20.9. The Morgan fingerprint density at radius 1 is 0.971 bits per heavy atom. The minimum Gasteiger partial charge on any atom is -0.454 e. The number of nitrogens with zero attached hydrogens (tertiary/aromatic N) is 3. The van der Waals surface area contributed by atoms with Crippen LogP contribution in [-0.2, 0) is 16.5 Å². The molecule has 0 saturated carbocycles. The molecule has 7 heteroatoms. The van der Waals surface area contributed by atoms with Gasteiger partial charge >= 0.3 is 5.97 Å². The summed E-state index contributed by atoms with van der Waals surface area (Å²) < 4.78 is 12.9. The van der Waals surface area contributed by atoms with Crippen molar-refractivity contribution in [2.45, 2.75) is 0 Å². The molecular weight excluding hydrogens is 430 g/mol. The highest BCUT2D eigenvalue weighted by atomic mass is 16.5. The average Bonchev–Trinajstić information content (AvgIpc) is 3.20. The number of hydrogen-bond donors (Lipinski definition) is 0. The zero-order valence-corrected chi connectivity index (χ0v) is 18.9. The largest absolute Gasteiger partial charge is 0.454 e. The normalized spacial score (nSPS) is 13.7. The molecule has 172 valence electrons. The van der Waals surface area contributed by atoms with Gasteiger partial charge in [-0.3, -0.25) is 4.79 Å². The van der Waals surface area contributed by atoms with Crippen LogP contribution in [0.15, 0.2) is 72.9 Å². The van der Waals surface area contributed by atoms with E-state index in [1.54, 1.807) is 18.3 Å². The van der Waals surface area contributed by atoms with Crippen LogP contribution >= 0.6 is 0 Å². The Hall–Kier alpha value is -3.97.